The van der Waals surface area contributed by atoms with Crippen molar-refractivity contribution in [2.75, 3.05) is 25.6 Å². The van der Waals surface area contributed by atoms with Crippen molar-refractivity contribution in [2.24, 2.45) is 10.7 Å². The average molecular weight is 237 g/mol. The van der Waals surface area contributed by atoms with Gasteiger partial charge < -0.3 is 20.5 Å². The summed E-state index contributed by atoms with van der Waals surface area (Å²) in [5, 5.41) is 2.95. The van der Waals surface area contributed by atoms with Crippen molar-refractivity contribution >= 4 is 11.6 Å². The van der Waals surface area contributed by atoms with Crippen molar-refractivity contribution in [3.8, 4) is 11.5 Å². The predicted octanol–water partition coefficient (Wildman–Crippen LogP) is 1.84. The van der Waals surface area contributed by atoms with E-state index in [0.29, 0.717) is 24.9 Å². The normalized spacial score (nSPS) is 11.1. The first-order valence-electron chi connectivity index (χ1n) is 5.60. The van der Waals surface area contributed by atoms with Crippen LogP contribution in [0.4, 0.5) is 5.69 Å². The first kappa shape index (κ1) is 13.2. The maximum atomic E-state index is 5.59. The van der Waals surface area contributed by atoms with Crippen LogP contribution < -0.4 is 20.5 Å². The molecule has 3 N–H and O–H groups in total. The lowest BCUT2D eigenvalue weighted by atomic mass is 10.2. The summed E-state index contributed by atoms with van der Waals surface area (Å²) < 4.78 is 11.0. The molecule has 1 aromatic carbocycles. The number of nitrogens with zero attached hydrogens (tertiary/aromatic N) is 1. The monoisotopic (exact) mass is 237 g/mol. The zero-order valence-electron chi connectivity index (χ0n) is 10.5. The Hall–Kier alpha value is -1.91. The molecule has 5 nitrogen and oxygen atoms in total. The lowest BCUT2D eigenvalue weighted by molar-refractivity contribution is 0.288. The van der Waals surface area contributed by atoms with Crippen molar-refractivity contribution in [1.29, 1.82) is 0 Å². The van der Waals surface area contributed by atoms with E-state index in [0.717, 1.165) is 11.4 Å². The van der Waals surface area contributed by atoms with Crippen molar-refractivity contribution in [3.63, 3.8) is 0 Å². The van der Waals surface area contributed by atoms with Crippen LogP contribution in [0, 0.1) is 0 Å². The van der Waals surface area contributed by atoms with Crippen molar-refractivity contribution in [3.05, 3.63) is 18.2 Å². The molecule has 1 rings (SSSR count). The van der Waals surface area contributed by atoms with Gasteiger partial charge in [0.25, 0.3) is 0 Å². The molecule has 0 fully saturated rings. The van der Waals surface area contributed by atoms with Gasteiger partial charge in [0.05, 0.1) is 13.2 Å². The number of benzene rings is 1. The SMILES string of the molecule is CCOc1ccc(NC(N)=NC)cc1OCC. The van der Waals surface area contributed by atoms with Crippen LogP contribution >= 0.6 is 0 Å². The first-order valence-corrected chi connectivity index (χ1v) is 5.60. The molecular weight excluding hydrogens is 218 g/mol. The molecule has 0 aliphatic rings. The number of nitrogens with two attached hydrogens (primary N) is 1. The Kier molecular flexibility index (Phi) is 5.13. The molecule has 1 aromatic rings. The molecule has 0 spiro atoms. The minimum atomic E-state index is 0.358. The summed E-state index contributed by atoms with van der Waals surface area (Å²) in [6, 6.07) is 5.55. The third-order valence-electron chi connectivity index (χ3n) is 2.06. The molecule has 17 heavy (non-hydrogen) atoms. The topological polar surface area (TPSA) is 68.9 Å². The summed E-state index contributed by atoms with van der Waals surface area (Å²) >= 11 is 0. The molecular formula is C12H19N3O2. The number of ether oxygens (including phenoxy) is 2. The van der Waals surface area contributed by atoms with Crippen molar-refractivity contribution < 1.29 is 9.47 Å². The molecule has 0 saturated heterocycles. The summed E-state index contributed by atoms with van der Waals surface area (Å²) in [7, 11) is 1.63. The first-order chi connectivity index (χ1) is 8.21. The number of aliphatic imine (C=N–C) groups is 1. The number of hydrogen-bond acceptors (Lipinski definition) is 3. The molecule has 0 aliphatic heterocycles. The second kappa shape index (κ2) is 6.62. The second-order valence-electron chi connectivity index (χ2n) is 3.26. The molecule has 0 radical (unpaired) electrons. The Balaban J connectivity index is 2.92. The fourth-order valence-electron chi connectivity index (χ4n) is 1.33. The number of rotatable bonds is 5. The van der Waals surface area contributed by atoms with Gasteiger partial charge in [-0.25, -0.2) is 0 Å². The highest BCUT2D eigenvalue weighted by atomic mass is 16.5. The number of anilines is 1. The van der Waals surface area contributed by atoms with E-state index in [2.05, 4.69) is 10.3 Å². The zero-order chi connectivity index (χ0) is 12.7. The van der Waals surface area contributed by atoms with E-state index in [9.17, 15) is 0 Å². The molecule has 0 saturated carbocycles. The maximum absolute atomic E-state index is 5.59. The standard InChI is InChI=1S/C12H19N3O2/c1-4-16-10-7-6-9(15-12(13)14-3)8-11(10)17-5-2/h6-8H,4-5H2,1-3H3,(H3,13,14,15). The lowest BCUT2D eigenvalue weighted by Crippen LogP contribution is -2.21. The third-order valence-corrected chi connectivity index (χ3v) is 2.06. The average Bonchev–Trinajstić information content (AvgIpc) is 2.33. The minimum absolute atomic E-state index is 0.358. The maximum Gasteiger partial charge on any atom is 0.192 e. The van der Waals surface area contributed by atoms with Crippen LogP contribution in [0.2, 0.25) is 0 Å². The Morgan fingerprint density at radius 3 is 2.47 bits per heavy atom. The van der Waals surface area contributed by atoms with Gasteiger partial charge in [-0.2, -0.15) is 0 Å². The van der Waals surface area contributed by atoms with Gasteiger partial charge in [0, 0.05) is 18.8 Å². The summed E-state index contributed by atoms with van der Waals surface area (Å²) in [6.45, 7) is 5.05. The summed E-state index contributed by atoms with van der Waals surface area (Å²) in [5.41, 5.74) is 6.41. The largest absolute Gasteiger partial charge is 0.490 e. The Morgan fingerprint density at radius 1 is 1.24 bits per heavy atom. The Morgan fingerprint density at radius 2 is 1.88 bits per heavy atom. The molecule has 0 atom stereocenters. The highest BCUT2D eigenvalue weighted by Crippen LogP contribution is 2.30. The van der Waals surface area contributed by atoms with E-state index in [-0.39, 0.29) is 0 Å². The van der Waals surface area contributed by atoms with Crippen molar-refractivity contribution in [2.45, 2.75) is 13.8 Å². The van der Waals surface area contributed by atoms with Crippen LogP contribution in [0.5, 0.6) is 11.5 Å². The van der Waals surface area contributed by atoms with Gasteiger partial charge in [-0.1, -0.05) is 0 Å². The Bertz CT molecular complexity index is 391. The van der Waals surface area contributed by atoms with Gasteiger partial charge in [0.1, 0.15) is 0 Å². The molecule has 94 valence electrons. The molecule has 0 bridgehead atoms. The van der Waals surface area contributed by atoms with Crippen LogP contribution in [0.15, 0.2) is 23.2 Å². The van der Waals surface area contributed by atoms with Gasteiger partial charge in [-0.3, -0.25) is 4.99 Å². The quantitative estimate of drug-likeness (QED) is 0.605. The highest BCUT2D eigenvalue weighted by molar-refractivity contribution is 5.92. The van der Waals surface area contributed by atoms with Crippen LogP contribution in [0.1, 0.15) is 13.8 Å². The fourth-order valence-corrected chi connectivity index (χ4v) is 1.33. The Labute approximate surface area is 102 Å². The van der Waals surface area contributed by atoms with E-state index in [1.165, 1.54) is 0 Å². The summed E-state index contributed by atoms with van der Waals surface area (Å²) in [5.74, 6) is 1.78. The van der Waals surface area contributed by atoms with Gasteiger partial charge >= 0.3 is 0 Å². The zero-order valence-corrected chi connectivity index (χ0v) is 10.5. The van der Waals surface area contributed by atoms with E-state index >= 15 is 0 Å². The van der Waals surface area contributed by atoms with Crippen LogP contribution in [0.3, 0.4) is 0 Å². The van der Waals surface area contributed by atoms with Crippen LogP contribution in [0.25, 0.3) is 0 Å². The highest BCUT2D eigenvalue weighted by Gasteiger charge is 2.06. The molecule has 0 heterocycles. The number of hydrogen-bond donors (Lipinski definition) is 2. The van der Waals surface area contributed by atoms with E-state index < -0.39 is 0 Å². The molecule has 0 aromatic heterocycles. The van der Waals surface area contributed by atoms with Gasteiger partial charge in [-0.15, -0.1) is 0 Å². The summed E-state index contributed by atoms with van der Waals surface area (Å²) in [6.07, 6.45) is 0. The molecule has 0 unspecified atom stereocenters. The van der Waals surface area contributed by atoms with Gasteiger partial charge in [0.15, 0.2) is 17.5 Å². The molecule has 5 heteroatoms. The lowest BCUT2D eigenvalue weighted by Gasteiger charge is -2.13. The van der Waals surface area contributed by atoms with E-state index in [1.807, 2.05) is 32.0 Å². The smallest absolute Gasteiger partial charge is 0.192 e. The molecule has 0 aliphatic carbocycles. The minimum Gasteiger partial charge on any atom is -0.490 e. The fraction of sp³-hybridized carbons (Fsp3) is 0.417. The number of nitrogens with one attached hydrogen (secondary N) is 1. The van der Waals surface area contributed by atoms with Gasteiger partial charge in [-0.05, 0) is 26.0 Å². The predicted molar refractivity (Wildman–Crippen MR) is 69.9 cm³/mol. The van der Waals surface area contributed by atoms with E-state index in [4.69, 9.17) is 15.2 Å². The van der Waals surface area contributed by atoms with E-state index in [1.54, 1.807) is 7.05 Å². The molecule has 0 amide bonds. The van der Waals surface area contributed by atoms with Gasteiger partial charge in [0.2, 0.25) is 0 Å². The third kappa shape index (κ3) is 3.86. The number of guanidine groups is 1. The van der Waals surface area contributed by atoms with Crippen LogP contribution in [-0.4, -0.2) is 26.2 Å². The van der Waals surface area contributed by atoms with Crippen molar-refractivity contribution in [1.82, 2.24) is 0 Å². The summed E-state index contributed by atoms with van der Waals surface area (Å²) in [4.78, 5) is 3.83. The second-order valence-corrected chi connectivity index (χ2v) is 3.26. The van der Waals surface area contributed by atoms with Crippen LogP contribution in [-0.2, 0) is 0 Å².